The van der Waals surface area contributed by atoms with Gasteiger partial charge in [-0.2, -0.15) is 5.26 Å². The number of thioether (sulfide) groups is 1. The molecular weight excluding hydrogens is 464 g/mol. The van der Waals surface area contributed by atoms with E-state index in [0.717, 1.165) is 9.54 Å². The SMILES string of the molecule is CSc1ncc(C#N)c(-c2cn(S(=O)(=O)c3ccc(C)cc3)c3ncc(NC(=O)O)cc23)n1. The minimum absolute atomic E-state index is 0.0547. The summed E-state index contributed by atoms with van der Waals surface area (Å²) < 4.78 is 27.9. The first-order valence-electron chi connectivity index (χ1n) is 9.39. The number of hydrogen-bond donors (Lipinski definition) is 2. The van der Waals surface area contributed by atoms with Gasteiger partial charge in [0.1, 0.15) is 6.07 Å². The van der Waals surface area contributed by atoms with E-state index in [1.54, 1.807) is 18.4 Å². The monoisotopic (exact) mass is 480 g/mol. The fourth-order valence-corrected chi connectivity index (χ4v) is 4.88. The number of fused-ring (bicyclic) bond motifs is 1. The van der Waals surface area contributed by atoms with Crippen molar-refractivity contribution < 1.29 is 18.3 Å². The molecule has 0 aliphatic carbocycles. The average molecular weight is 481 g/mol. The molecule has 0 aliphatic heterocycles. The van der Waals surface area contributed by atoms with Crippen LogP contribution in [0.15, 0.2) is 59.0 Å². The molecule has 0 fully saturated rings. The number of nitrogens with one attached hydrogen (secondary N) is 1. The molecular formula is C21H16N6O4S2. The van der Waals surface area contributed by atoms with Gasteiger partial charge in [0.2, 0.25) is 0 Å². The zero-order valence-corrected chi connectivity index (χ0v) is 19.0. The molecule has 0 unspecified atom stereocenters. The Bertz CT molecular complexity index is 1540. The van der Waals surface area contributed by atoms with Crippen LogP contribution in [-0.2, 0) is 10.0 Å². The minimum Gasteiger partial charge on any atom is -0.465 e. The van der Waals surface area contributed by atoms with Gasteiger partial charge in [-0.1, -0.05) is 29.5 Å². The maximum absolute atomic E-state index is 13.5. The van der Waals surface area contributed by atoms with Crippen molar-refractivity contribution in [1.82, 2.24) is 18.9 Å². The molecule has 33 heavy (non-hydrogen) atoms. The normalized spacial score (nSPS) is 11.3. The van der Waals surface area contributed by atoms with Crippen LogP contribution in [0.4, 0.5) is 10.5 Å². The molecule has 10 nitrogen and oxygen atoms in total. The summed E-state index contributed by atoms with van der Waals surface area (Å²) in [5, 5.41) is 21.6. The lowest BCUT2D eigenvalue weighted by Crippen LogP contribution is -2.13. The molecule has 0 aliphatic rings. The predicted molar refractivity (Wildman–Crippen MR) is 123 cm³/mol. The molecule has 1 aromatic carbocycles. The number of nitriles is 1. The van der Waals surface area contributed by atoms with Crippen LogP contribution in [-0.4, -0.2) is 44.8 Å². The molecule has 1 amide bonds. The van der Waals surface area contributed by atoms with Gasteiger partial charge in [0.15, 0.2) is 10.8 Å². The van der Waals surface area contributed by atoms with Gasteiger partial charge in [0, 0.05) is 23.3 Å². The maximum atomic E-state index is 13.5. The largest absolute Gasteiger partial charge is 0.465 e. The highest BCUT2D eigenvalue weighted by atomic mass is 32.2. The zero-order chi connectivity index (χ0) is 23.8. The molecule has 0 radical (unpaired) electrons. The van der Waals surface area contributed by atoms with Gasteiger partial charge in [-0.15, -0.1) is 0 Å². The Balaban J connectivity index is 2.04. The number of hydrogen-bond acceptors (Lipinski definition) is 8. The van der Waals surface area contributed by atoms with Crippen molar-refractivity contribution in [3.8, 4) is 17.3 Å². The first-order valence-corrected chi connectivity index (χ1v) is 12.1. The van der Waals surface area contributed by atoms with E-state index >= 15 is 0 Å². The number of aryl methyl sites for hydroxylation is 1. The summed E-state index contributed by atoms with van der Waals surface area (Å²) in [6.45, 7) is 1.85. The maximum Gasteiger partial charge on any atom is 0.409 e. The average Bonchev–Trinajstić information content (AvgIpc) is 3.18. The topological polar surface area (TPSA) is 151 Å². The van der Waals surface area contributed by atoms with Crippen LogP contribution in [0.5, 0.6) is 0 Å². The van der Waals surface area contributed by atoms with Gasteiger partial charge in [-0.05, 0) is 31.4 Å². The highest BCUT2D eigenvalue weighted by Crippen LogP contribution is 2.34. The van der Waals surface area contributed by atoms with Gasteiger partial charge >= 0.3 is 6.09 Å². The molecule has 3 heterocycles. The summed E-state index contributed by atoms with van der Waals surface area (Å²) in [4.78, 5) is 23.9. The highest BCUT2D eigenvalue weighted by Gasteiger charge is 2.25. The van der Waals surface area contributed by atoms with Crippen LogP contribution in [0.3, 0.4) is 0 Å². The van der Waals surface area contributed by atoms with Crippen molar-refractivity contribution >= 4 is 44.6 Å². The van der Waals surface area contributed by atoms with Crippen LogP contribution in [0.2, 0.25) is 0 Å². The Morgan fingerprint density at radius 3 is 2.58 bits per heavy atom. The highest BCUT2D eigenvalue weighted by molar-refractivity contribution is 7.98. The number of carbonyl (C=O) groups is 1. The van der Waals surface area contributed by atoms with Gasteiger partial charge in [-0.25, -0.2) is 32.1 Å². The summed E-state index contributed by atoms with van der Waals surface area (Å²) in [6, 6.07) is 9.83. The quantitative estimate of drug-likeness (QED) is 0.321. The van der Waals surface area contributed by atoms with Crippen LogP contribution in [0.1, 0.15) is 11.1 Å². The number of nitrogens with zero attached hydrogens (tertiary/aromatic N) is 5. The first kappa shape index (κ1) is 22.3. The third kappa shape index (κ3) is 4.11. The number of rotatable bonds is 5. The second-order valence-corrected chi connectivity index (χ2v) is 9.50. The van der Waals surface area contributed by atoms with Crippen molar-refractivity contribution in [1.29, 1.82) is 5.26 Å². The van der Waals surface area contributed by atoms with Gasteiger partial charge in [-0.3, -0.25) is 5.32 Å². The fraction of sp³-hybridized carbons (Fsp3) is 0.0952. The fourth-order valence-electron chi connectivity index (χ4n) is 3.22. The van der Waals surface area contributed by atoms with E-state index in [9.17, 15) is 18.5 Å². The third-order valence-electron chi connectivity index (χ3n) is 4.77. The Kier molecular flexibility index (Phi) is 5.75. The second-order valence-electron chi connectivity index (χ2n) is 6.91. The van der Waals surface area contributed by atoms with Crippen molar-refractivity contribution in [2.45, 2.75) is 17.0 Å². The third-order valence-corrected chi connectivity index (χ3v) is 6.99. The van der Waals surface area contributed by atoms with E-state index in [1.165, 1.54) is 48.6 Å². The molecule has 166 valence electrons. The van der Waals surface area contributed by atoms with E-state index in [1.807, 2.05) is 13.0 Å². The van der Waals surface area contributed by atoms with E-state index in [4.69, 9.17) is 5.11 Å². The van der Waals surface area contributed by atoms with Crippen LogP contribution in [0.25, 0.3) is 22.3 Å². The van der Waals surface area contributed by atoms with E-state index in [2.05, 4.69) is 20.3 Å². The van der Waals surface area contributed by atoms with Crippen molar-refractivity contribution in [2.24, 2.45) is 0 Å². The lowest BCUT2D eigenvalue weighted by molar-refractivity contribution is 0.209. The summed E-state index contributed by atoms with van der Waals surface area (Å²) in [5.41, 5.74) is 1.76. The summed E-state index contributed by atoms with van der Waals surface area (Å²) in [5.74, 6) is 0. The van der Waals surface area contributed by atoms with Crippen LogP contribution >= 0.6 is 11.8 Å². The molecule has 3 aromatic heterocycles. The van der Waals surface area contributed by atoms with Crippen LogP contribution in [0, 0.1) is 18.3 Å². The summed E-state index contributed by atoms with van der Waals surface area (Å²) in [6.07, 6.45) is 4.39. The van der Waals surface area contributed by atoms with Crippen molar-refractivity contribution in [2.75, 3.05) is 11.6 Å². The Morgan fingerprint density at radius 2 is 1.94 bits per heavy atom. The van der Waals surface area contributed by atoms with Gasteiger partial charge in [0.05, 0.1) is 28.0 Å². The molecule has 0 atom stereocenters. The standard InChI is InChI=1S/C21H16N6O4S2/c1-12-3-5-15(6-4-12)33(30,31)27-11-17(18-13(8-22)9-24-20(26-18)32-2)16-7-14(25-21(28)29)10-23-19(16)27/h3-7,9-11,25H,1-2H3,(H,28,29). The van der Waals surface area contributed by atoms with E-state index in [-0.39, 0.29) is 27.5 Å². The zero-order valence-electron chi connectivity index (χ0n) is 17.3. The summed E-state index contributed by atoms with van der Waals surface area (Å²) >= 11 is 1.26. The van der Waals surface area contributed by atoms with Crippen molar-refractivity contribution in [3.05, 3.63) is 60.0 Å². The number of anilines is 1. The lowest BCUT2D eigenvalue weighted by Gasteiger charge is -2.07. The van der Waals surface area contributed by atoms with E-state index < -0.39 is 16.1 Å². The molecule has 0 saturated carbocycles. The molecule has 0 bridgehead atoms. The Hall–Kier alpha value is -3.95. The molecule has 0 saturated heterocycles. The minimum atomic E-state index is -4.05. The number of benzene rings is 1. The molecule has 4 rings (SSSR count). The van der Waals surface area contributed by atoms with Crippen molar-refractivity contribution in [3.63, 3.8) is 0 Å². The molecule has 4 aromatic rings. The van der Waals surface area contributed by atoms with E-state index in [0.29, 0.717) is 16.1 Å². The van der Waals surface area contributed by atoms with Gasteiger partial charge < -0.3 is 5.11 Å². The van der Waals surface area contributed by atoms with Crippen LogP contribution < -0.4 is 5.32 Å². The Morgan fingerprint density at radius 1 is 1.21 bits per heavy atom. The molecule has 2 N–H and O–H groups in total. The molecule has 0 spiro atoms. The number of carboxylic acid groups (broad SMARTS) is 1. The van der Waals surface area contributed by atoms with Gasteiger partial charge in [0.25, 0.3) is 10.0 Å². The first-order chi connectivity index (χ1) is 15.7. The molecule has 12 heteroatoms. The Labute approximate surface area is 193 Å². The predicted octanol–water partition coefficient (Wildman–Crippen LogP) is 3.72. The number of amides is 1. The number of aromatic nitrogens is 4. The number of pyridine rings is 1. The second kappa shape index (κ2) is 8.53. The summed E-state index contributed by atoms with van der Waals surface area (Å²) in [7, 11) is -4.05. The lowest BCUT2D eigenvalue weighted by atomic mass is 10.1. The smallest absolute Gasteiger partial charge is 0.409 e.